The zero-order chi connectivity index (χ0) is 15.7. The molecule has 0 radical (unpaired) electrons. The van der Waals surface area contributed by atoms with Gasteiger partial charge in [0.05, 0.1) is 12.0 Å². The largest absolute Gasteiger partial charge is 0.467 e. The first kappa shape index (κ1) is 16.9. The Balaban J connectivity index is 3.31. The third kappa shape index (κ3) is 3.69. The number of rotatable bonds is 3. The van der Waals surface area contributed by atoms with Crippen molar-refractivity contribution in [3.05, 3.63) is 11.3 Å². The number of carbonyl (C=O) groups is 2. The van der Waals surface area contributed by atoms with Gasteiger partial charge in [0.1, 0.15) is 5.76 Å². The summed E-state index contributed by atoms with van der Waals surface area (Å²) in [6.45, 7) is 13.5. The topological polar surface area (TPSA) is 52.6 Å². The first-order chi connectivity index (χ1) is 8.98. The van der Waals surface area contributed by atoms with E-state index in [2.05, 4.69) is 0 Å². The molecule has 1 heterocycles. The van der Waals surface area contributed by atoms with Gasteiger partial charge in [-0.15, -0.1) is 0 Å². The standard InChI is InChI=1S/C16H26O4/c1-8-19-11-9-10(17)12(13(18)15(2,3)4)14(20-11)16(5,6)7/h11H,8-9H2,1-7H3. The average Bonchev–Trinajstić information content (AvgIpc) is 2.25. The molecule has 0 bridgehead atoms. The lowest BCUT2D eigenvalue weighted by molar-refractivity contribution is -0.153. The summed E-state index contributed by atoms with van der Waals surface area (Å²) in [5, 5.41) is 0. The van der Waals surface area contributed by atoms with Crippen LogP contribution in [0.5, 0.6) is 0 Å². The molecular formula is C16H26O4. The predicted octanol–water partition coefficient (Wildman–Crippen LogP) is 3.25. The van der Waals surface area contributed by atoms with Crippen LogP contribution in [0.3, 0.4) is 0 Å². The van der Waals surface area contributed by atoms with E-state index < -0.39 is 17.1 Å². The van der Waals surface area contributed by atoms with E-state index in [1.165, 1.54) is 0 Å². The van der Waals surface area contributed by atoms with Crippen LogP contribution in [0.25, 0.3) is 0 Å². The van der Waals surface area contributed by atoms with E-state index in [0.29, 0.717) is 12.4 Å². The Bertz CT molecular complexity index is 432. The van der Waals surface area contributed by atoms with Gasteiger partial charge in [-0.3, -0.25) is 9.59 Å². The molecule has 4 nitrogen and oxygen atoms in total. The first-order valence-corrected chi connectivity index (χ1v) is 7.09. The van der Waals surface area contributed by atoms with Crippen molar-refractivity contribution in [2.45, 2.75) is 61.2 Å². The molecule has 0 spiro atoms. The SMILES string of the molecule is CCOC1CC(=O)C(C(=O)C(C)(C)C)=C(C(C)(C)C)O1. The van der Waals surface area contributed by atoms with Crippen LogP contribution in [0.15, 0.2) is 11.3 Å². The molecule has 0 aromatic carbocycles. The second kappa shape index (κ2) is 5.68. The van der Waals surface area contributed by atoms with Crippen LogP contribution in [0.4, 0.5) is 0 Å². The monoisotopic (exact) mass is 282 g/mol. The van der Waals surface area contributed by atoms with E-state index in [0.717, 1.165) is 0 Å². The molecule has 0 aliphatic carbocycles. The Hall–Kier alpha value is -1.16. The Morgan fingerprint density at radius 1 is 1.25 bits per heavy atom. The van der Waals surface area contributed by atoms with Crippen LogP contribution >= 0.6 is 0 Å². The van der Waals surface area contributed by atoms with Crippen LogP contribution in [0, 0.1) is 10.8 Å². The molecular weight excluding hydrogens is 256 g/mol. The minimum atomic E-state index is -0.608. The van der Waals surface area contributed by atoms with Gasteiger partial charge >= 0.3 is 0 Å². The molecule has 0 amide bonds. The lowest BCUT2D eigenvalue weighted by atomic mass is 9.78. The summed E-state index contributed by atoms with van der Waals surface area (Å²) in [7, 11) is 0. The molecule has 114 valence electrons. The number of carbonyl (C=O) groups excluding carboxylic acids is 2. The molecule has 0 N–H and O–H groups in total. The lowest BCUT2D eigenvalue weighted by Crippen LogP contribution is -2.38. The molecule has 1 aliphatic rings. The Labute approximate surface area is 121 Å². The smallest absolute Gasteiger partial charge is 0.206 e. The average molecular weight is 282 g/mol. The molecule has 1 aliphatic heterocycles. The van der Waals surface area contributed by atoms with Crippen molar-refractivity contribution in [3.8, 4) is 0 Å². The molecule has 0 aromatic heterocycles. The highest BCUT2D eigenvalue weighted by Gasteiger charge is 2.41. The zero-order valence-electron chi connectivity index (χ0n) is 13.6. The van der Waals surface area contributed by atoms with Crippen molar-refractivity contribution < 1.29 is 19.1 Å². The molecule has 0 saturated heterocycles. The van der Waals surface area contributed by atoms with E-state index in [-0.39, 0.29) is 23.6 Å². The molecule has 4 heteroatoms. The fourth-order valence-corrected chi connectivity index (χ4v) is 2.05. The maximum Gasteiger partial charge on any atom is 0.206 e. The van der Waals surface area contributed by atoms with Gasteiger partial charge in [-0.2, -0.15) is 0 Å². The van der Waals surface area contributed by atoms with Crippen LogP contribution in [-0.2, 0) is 19.1 Å². The highest BCUT2D eigenvalue weighted by atomic mass is 16.7. The minimum Gasteiger partial charge on any atom is -0.467 e. The lowest BCUT2D eigenvalue weighted by Gasteiger charge is -2.34. The van der Waals surface area contributed by atoms with Crippen molar-refractivity contribution >= 4 is 11.6 Å². The van der Waals surface area contributed by atoms with Crippen LogP contribution in [0.2, 0.25) is 0 Å². The van der Waals surface area contributed by atoms with Gasteiger partial charge in [-0.05, 0) is 6.92 Å². The van der Waals surface area contributed by atoms with Crippen molar-refractivity contribution in [1.82, 2.24) is 0 Å². The van der Waals surface area contributed by atoms with Gasteiger partial charge in [-0.1, -0.05) is 41.5 Å². The second-order valence-electron chi connectivity index (χ2n) is 7.16. The molecule has 1 atom stereocenters. The number of allylic oxidation sites excluding steroid dienone is 2. The van der Waals surface area contributed by atoms with Crippen LogP contribution in [0.1, 0.15) is 54.9 Å². The highest BCUT2D eigenvalue weighted by Crippen LogP contribution is 2.37. The van der Waals surface area contributed by atoms with E-state index in [1.54, 1.807) is 0 Å². The Morgan fingerprint density at radius 3 is 2.20 bits per heavy atom. The van der Waals surface area contributed by atoms with E-state index in [9.17, 15) is 9.59 Å². The molecule has 0 aromatic rings. The predicted molar refractivity (Wildman–Crippen MR) is 77.1 cm³/mol. The molecule has 0 saturated carbocycles. The first-order valence-electron chi connectivity index (χ1n) is 7.09. The fourth-order valence-electron chi connectivity index (χ4n) is 2.05. The number of ether oxygens (including phenoxy) is 2. The van der Waals surface area contributed by atoms with Gasteiger partial charge in [0, 0.05) is 17.4 Å². The Kier molecular flexibility index (Phi) is 4.80. The van der Waals surface area contributed by atoms with Crippen molar-refractivity contribution in [1.29, 1.82) is 0 Å². The summed E-state index contributed by atoms with van der Waals surface area (Å²) in [4.78, 5) is 24.9. The summed E-state index contributed by atoms with van der Waals surface area (Å²) in [6.07, 6.45) is -0.483. The van der Waals surface area contributed by atoms with Crippen LogP contribution < -0.4 is 0 Å². The number of Topliss-reactive ketones (excluding diaryl/α,β-unsaturated/α-hetero) is 2. The van der Waals surface area contributed by atoms with Gasteiger partial charge in [-0.25, -0.2) is 0 Å². The Morgan fingerprint density at radius 2 is 1.80 bits per heavy atom. The number of hydrogen-bond donors (Lipinski definition) is 0. The summed E-state index contributed by atoms with van der Waals surface area (Å²) >= 11 is 0. The maximum absolute atomic E-state index is 12.6. The van der Waals surface area contributed by atoms with Gasteiger partial charge < -0.3 is 9.47 Å². The van der Waals surface area contributed by atoms with Gasteiger partial charge in [0.2, 0.25) is 6.29 Å². The van der Waals surface area contributed by atoms with Crippen molar-refractivity contribution in [3.63, 3.8) is 0 Å². The number of ketones is 2. The van der Waals surface area contributed by atoms with Crippen molar-refractivity contribution in [2.24, 2.45) is 10.8 Å². The number of hydrogen-bond acceptors (Lipinski definition) is 4. The maximum atomic E-state index is 12.6. The summed E-state index contributed by atoms with van der Waals surface area (Å²) in [6, 6.07) is 0. The zero-order valence-corrected chi connectivity index (χ0v) is 13.6. The summed E-state index contributed by atoms with van der Waals surface area (Å²) in [5.41, 5.74) is -0.814. The third-order valence-corrected chi connectivity index (χ3v) is 3.05. The van der Waals surface area contributed by atoms with Gasteiger partial charge in [0.15, 0.2) is 11.6 Å². The molecule has 1 unspecified atom stereocenters. The molecule has 0 fully saturated rings. The normalized spacial score (nSPS) is 20.9. The highest BCUT2D eigenvalue weighted by molar-refractivity contribution is 6.22. The minimum absolute atomic E-state index is 0.102. The quantitative estimate of drug-likeness (QED) is 0.746. The van der Waals surface area contributed by atoms with Crippen molar-refractivity contribution in [2.75, 3.05) is 6.61 Å². The van der Waals surface area contributed by atoms with E-state index in [1.807, 2.05) is 48.5 Å². The third-order valence-electron chi connectivity index (χ3n) is 3.05. The molecule has 1 rings (SSSR count). The van der Waals surface area contributed by atoms with E-state index in [4.69, 9.17) is 9.47 Å². The fraction of sp³-hybridized carbons (Fsp3) is 0.750. The van der Waals surface area contributed by atoms with Gasteiger partial charge in [0.25, 0.3) is 0 Å². The second-order valence-corrected chi connectivity index (χ2v) is 7.16. The summed E-state index contributed by atoms with van der Waals surface area (Å²) < 4.78 is 11.2. The van der Waals surface area contributed by atoms with E-state index >= 15 is 0 Å². The summed E-state index contributed by atoms with van der Waals surface area (Å²) in [5.74, 6) is 0.106. The van der Waals surface area contributed by atoms with Crippen LogP contribution in [-0.4, -0.2) is 24.5 Å². The molecule has 20 heavy (non-hydrogen) atoms.